The molecule has 1 aliphatic heterocycles. The first-order valence-corrected chi connectivity index (χ1v) is 9.40. The van der Waals surface area contributed by atoms with Crippen LogP contribution in [0, 0.1) is 5.92 Å². The predicted octanol–water partition coefficient (Wildman–Crippen LogP) is 2.63. The van der Waals surface area contributed by atoms with Gasteiger partial charge < -0.3 is 20.1 Å². The molecule has 3 rings (SSSR count). The lowest BCUT2D eigenvalue weighted by atomic mass is 9.96. The van der Waals surface area contributed by atoms with E-state index >= 15 is 0 Å². The molecule has 1 aromatic heterocycles. The normalized spacial score (nSPS) is 17.2. The number of hydrogen-bond donors (Lipinski definition) is 2. The minimum Gasteiger partial charge on any atom is -0.481 e. The monoisotopic (exact) mass is 355 g/mol. The number of aliphatic hydroxyl groups is 1. The summed E-state index contributed by atoms with van der Waals surface area (Å²) in [5.74, 6) is 1.35. The molecular formula is C21H29N3O2. The van der Waals surface area contributed by atoms with Crippen molar-refractivity contribution in [3.8, 4) is 5.88 Å². The molecule has 0 amide bonds. The summed E-state index contributed by atoms with van der Waals surface area (Å²) < 4.78 is 5.16. The van der Waals surface area contributed by atoms with Crippen molar-refractivity contribution >= 4 is 0 Å². The summed E-state index contributed by atoms with van der Waals surface area (Å²) in [6.07, 6.45) is 1.94. The van der Waals surface area contributed by atoms with Crippen LogP contribution >= 0.6 is 0 Å². The summed E-state index contributed by atoms with van der Waals surface area (Å²) in [4.78, 5) is 6.80. The van der Waals surface area contributed by atoms with Gasteiger partial charge in [-0.1, -0.05) is 36.4 Å². The Bertz CT molecular complexity index is 657. The second-order valence-electron chi connectivity index (χ2n) is 6.97. The Morgan fingerprint density at radius 1 is 1.15 bits per heavy atom. The molecule has 2 aromatic rings. The SMILES string of the molecule is COc1cccc(CNCC2CCN(CC(O)c3ccccc3)CC2)n1. The highest BCUT2D eigenvalue weighted by Crippen LogP contribution is 2.20. The van der Waals surface area contributed by atoms with Gasteiger partial charge in [0.1, 0.15) is 0 Å². The number of piperidine rings is 1. The van der Waals surface area contributed by atoms with Crippen molar-refractivity contribution in [2.75, 3.05) is 33.3 Å². The topological polar surface area (TPSA) is 57.6 Å². The Balaban J connectivity index is 1.36. The summed E-state index contributed by atoms with van der Waals surface area (Å²) >= 11 is 0. The van der Waals surface area contributed by atoms with Crippen molar-refractivity contribution in [1.82, 2.24) is 15.2 Å². The maximum absolute atomic E-state index is 10.4. The lowest BCUT2D eigenvalue weighted by Crippen LogP contribution is -2.39. The van der Waals surface area contributed by atoms with E-state index in [-0.39, 0.29) is 0 Å². The molecule has 0 bridgehead atoms. The van der Waals surface area contributed by atoms with E-state index in [4.69, 9.17) is 4.74 Å². The van der Waals surface area contributed by atoms with Gasteiger partial charge in [0, 0.05) is 19.2 Å². The zero-order valence-corrected chi connectivity index (χ0v) is 15.5. The molecule has 5 heteroatoms. The van der Waals surface area contributed by atoms with Crippen molar-refractivity contribution in [1.29, 1.82) is 0 Å². The van der Waals surface area contributed by atoms with Crippen LogP contribution in [0.2, 0.25) is 0 Å². The third-order valence-corrected chi connectivity index (χ3v) is 5.05. The predicted molar refractivity (Wildman–Crippen MR) is 103 cm³/mol. The zero-order chi connectivity index (χ0) is 18.2. The van der Waals surface area contributed by atoms with Gasteiger partial charge >= 0.3 is 0 Å². The number of aliphatic hydroxyl groups excluding tert-OH is 1. The second kappa shape index (κ2) is 9.67. The number of nitrogens with zero attached hydrogens (tertiary/aromatic N) is 2. The summed E-state index contributed by atoms with van der Waals surface area (Å²) in [5, 5.41) is 13.9. The molecular weight excluding hydrogens is 326 g/mol. The van der Waals surface area contributed by atoms with Gasteiger partial charge in [0.2, 0.25) is 5.88 Å². The number of rotatable bonds is 8. The number of ether oxygens (including phenoxy) is 1. The van der Waals surface area contributed by atoms with Gasteiger partial charge in [0.25, 0.3) is 0 Å². The van der Waals surface area contributed by atoms with Gasteiger partial charge in [-0.15, -0.1) is 0 Å². The average Bonchev–Trinajstić information content (AvgIpc) is 2.70. The van der Waals surface area contributed by atoms with Crippen LogP contribution in [0.1, 0.15) is 30.2 Å². The Morgan fingerprint density at radius 3 is 2.65 bits per heavy atom. The van der Waals surface area contributed by atoms with Crippen molar-refractivity contribution in [3.05, 3.63) is 59.8 Å². The molecule has 1 fully saturated rings. The van der Waals surface area contributed by atoms with Gasteiger partial charge in [-0.2, -0.15) is 0 Å². The lowest BCUT2D eigenvalue weighted by Gasteiger charge is -2.33. The largest absolute Gasteiger partial charge is 0.481 e. The van der Waals surface area contributed by atoms with E-state index < -0.39 is 6.10 Å². The second-order valence-corrected chi connectivity index (χ2v) is 6.97. The third-order valence-electron chi connectivity index (χ3n) is 5.05. The fraction of sp³-hybridized carbons (Fsp3) is 0.476. The smallest absolute Gasteiger partial charge is 0.213 e. The van der Waals surface area contributed by atoms with E-state index in [9.17, 15) is 5.11 Å². The van der Waals surface area contributed by atoms with E-state index in [0.717, 1.165) is 44.0 Å². The van der Waals surface area contributed by atoms with Crippen LogP contribution in [-0.4, -0.2) is 48.3 Å². The average molecular weight is 355 g/mol. The highest BCUT2D eigenvalue weighted by atomic mass is 16.5. The van der Waals surface area contributed by atoms with E-state index in [1.165, 1.54) is 12.8 Å². The number of nitrogens with one attached hydrogen (secondary N) is 1. The Hall–Kier alpha value is -1.95. The molecule has 0 aliphatic carbocycles. The number of β-amino-alcohol motifs (C(OH)–C–C–N with tert-alkyl or cyclic N) is 1. The first kappa shape index (κ1) is 18.8. The molecule has 2 N–H and O–H groups in total. The minimum absolute atomic E-state index is 0.398. The molecule has 1 atom stereocenters. The molecule has 140 valence electrons. The lowest BCUT2D eigenvalue weighted by molar-refractivity contribution is 0.0891. The molecule has 26 heavy (non-hydrogen) atoms. The number of methoxy groups -OCH3 is 1. The first-order chi connectivity index (χ1) is 12.7. The summed E-state index contributed by atoms with van der Waals surface area (Å²) in [5.41, 5.74) is 2.01. The van der Waals surface area contributed by atoms with Gasteiger partial charge in [-0.05, 0) is 50.0 Å². The number of aromatic nitrogens is 1. The van der Waals surface area contributed by atoms with Crippen molar-refractivity contribution < 1.29 is 9.84 Å². The zero-order valence-electron chi connectivity index (χ0n) is 15.5. The highest BCUT2D eigenvalue weighted by molar-refractivity contribution is 5.17. The maximum atomic E-state index is 10.4. The Labute approximate surface area is 156 Å². The van der Waals surface area contributed by atoms with Crippen LogP contribution in [0.3, 0.4) is 0 Å². The van der Waals surface area contributed by atoms with E-state index in [0.29, 0.717) is 11.8 Å². The fourth-order valence-corrected chi connectivity index (χ4v) is 3.47. The Kier molecular flexibility index (Phi) is 7.00. The molecule has 1 saturated heterocycles. The molecule has 0 saturated carbocycles. The van der Waals surface area contributed by atoms with E-state index in [2.05, 4.69) is 15.2 Å². The van der Waals surface area contributed by atoms with Crippen LogP contribution in [0.25, 0.3) is 0 Å². The first-order valence-electron chi connectivity index (χ1n) is 9.40. The Morgan fingerprint density at radius 2 is 1.92 bits per heavy atom. The van der Waals surface area contributed by atoms with Crippen molar-refractivity contribution in [3.63, 3.8) is 0 Å². The summed E-state index contributed by atoms with van der Waals surface area (Å²) in [6.45, 7) is 4.59. The molecule has 2 heterocycles. The fourth-order valence-electron chi connectivity index (χ4n) is 3.47. The van der Waals surface area contributed by atoms with Gasteiger partial charge in [-0.25, -0.2) is 4.98 Å². The van der Waals surface area contributed by atoms with Crippen LogP contribution in [0.4, 0.5) is 0 Å². The maximum Gasteiger partial charge on any atom is 0.213 e. The van der Waals surface area contributed by atoms with Crippen molar-refractivity contribution in [2.45, 2.75) is 25.5 Å². The molecule has 1 aromatic carbocycles. The van der Waals surface area contributed by atoms with Crippen LogP contribution in [0.5, 0.6) is 5.88 Å². The minimum atomic E-state index is -0.398. The standard InChI is InChI=1S/C21H29N3O2/c1-26-21-9-5-8-19(23-21)15-22-14-17-10-12-24(13-11-17)16-20(25)18-6-3-2-4-7-18/h2-9,17,20,22,25H,10-16H2,1H3. The molecule has 1 aliphatic rings. The van der Waals surface area contributed by atoms with Crippen LogP contribution < -0.4 is 10.1 Å². The van der Waals surface area contributed by atoms with Crippen molar-refractivity contribution in [2.24, 2.45) is 5.92 Å². The quantitative estimate of drug-likeness (QED) is 0.762. The number of benzene rings is 1. The number of pyridine rings is 1. The molecule has 1 unspecified atom stereocenters. The number of likely N-dealkylation sites (tertiary alicyclic amines) is 1. The van der Waals surface area contributed by atoms with Gasteiger partial charge in [0.05, 0.1) is 18.9 Å². The van der Waals surface area contributed by atoms with Gasteiger partial charge in [0.15, 0.2) is 0 Å². The van der Waals surface area contributed by atoms with Crippen LogP contribution in [0.15, 0.2) is 48.5 Å². The molecule has 0 spiro atoms. The summed E-state index contributed by atoms with van der Waals surface area (Å²) in [6, 6.07) is 15.8. The van der Waals surface area contributed by atoms with E-state index in [1.54, 1.807) is 7.11 Å². The summed E-state index contributed by atoms with van der Waals surface area (Å²) in [7, 11) is 1.64. The van der Waals surface area contributed by atoms with Gasteiger partial charge in [-0.3, -0.25) is 0 Å². The molecule has 0 radical (unpaired) electrons. The number of hydrogen-bond acceptors (Lipinski definition) is 5. The van der Waals surface area contributed by atoms with Crippen LogP contribution in [-0.2, 0) is 6.54 Å². The van der Waals surface area contributed by atoms with E-state index in [1.807, 2.05) is 48.5 Å². The third kappa shape index (κ3) is 5.53. The molecule has 5 nitrogen and oxygen atoms in total. The highest BCUT2D eigenvalue weighted by Gasteiger charge is 2.21.